The molecule has 0 radical (unpaired) electrons. The first-order valence-electron chi connectivity index (χ1n) is 8.63. The molecule has 124 valence electrons. The highest BCUT2D eigenvalue weighted by atomic mass is 32.2. The average molecular weight is 332 g/mol. The van der Waals surface area contributed by atoms with Crippen LogP contribution in [0.1, 0.15) is 37.4 Å². The van der Waals surface area contributed by atoms with Gasteiger partial charge in [-0.3, -0.25) is 4.90 Å². The predicted octanol–water partition coefficient (Wildman–Crippen LogP) is 3.13. The first kappa shape index (κ1) is 15.2. The Bertz CT molecular complexity index is 763. The number of para-hydroxylation sites is 1. The Morgan fingerprint density at radius 1 is 1.17 bits per heavy atom. The minimum atomic E-state index is -2.78. The van der Waals surface area contributed by atoms with Gasteiger partial charge in [0.1, 0.15) is 0 Å². The molecule has 2 saturated heterocycles. The van der Waals surface area contributed by atoms with Crippen LogP contribution in [0, 0.1) is 5.92 Å². The van der Waals surface area contributed by atoms with Crippen LogP contribution in [0.5, 0.6) is 0 Å². The number of rotatable bonds is 3. The molecule has 23 heavy (non-hydrogen) atoms. The van der Waals surface area contributed by atoms with E-state index in [1.54, 1.807) is 0 Å². The van der Waals surface area contributed by atoms with E-state index in [4.69, 9.17) is 0 Å². The number of hydrogen-bond acceptors (Lipinski definition) is 3. The number of nitrogens with zero attached hydrogens (tertiary/aromatic N) is 1. The molecule has 2 aliphatic heterocycles. The highest BCUT2D eigenvalue weighted by molar-refractivity contribution is 7.91. The standard InChI is InChI=1S/C18H24N2O2S/c21-23(22)10-8-14(13-23)12-20-9-4-3-7-18(20)17-11-15-5-1-2-6-16(15)19-17/h1-2,5-6,11,14,18-19H,3-4,7-10,12-13H2. The van der Waals surface area contributed by atoms with E-state index in [1.807, 2.05) is 0 Å². The van der Waals surface area contributed by atoms with Gasteiger partial charge in [-0.2, -0.15) is 0 Å². The third-order valence-electron chi connectivity index (χ3n) is 5.34. The zero-order chi connectivity index (χ0) is 15.9. The Morgan fingerprint density at radius 3 is 2.83 bits per heavy atom. The molecule has 1 aromatic heterocycles. The molecule has 1 N–H and O–H groups in total. The molecular weight excluding hydrogens is 308 g/mol. The zero-order valence-corrected chi connectivity index (χ0v) is 14.2. The van der Waals surface area contributed by atoms with E-state index in [2.05, 4.69) is 40.2 Å². The van der Waals surface area contributed by atoms with Crippen LogP contribution in [0.4, 0.5) is 0 Å². The van der Waals surface area contributed by atoms with Gasteiger partial charge in [-0.1, -0.05) is 24.6 Å². The Hall–Kier alpha value is -1.33. The minimum Gasteiger partial charge on any atom is -0.357 e. The lowest BCUT2D eigenvalue weighted by molar-refractivity contribution is 0.127. The molecule has 0 bridgehead atoms. The van der Waals surface area contributed by atoms with Gasteiger partial charge in [-0.25, -0.2) is 8.42 Å². The fourth-order valence-electron chi connectivity index (χ4n) is 4.18. The molecule has 2 fully saturated rings. The summed E-state index contributed by atoms with van der Waals surface area (Å²) >= 11 is 0. The number of nitrogens with one attached hydrogen (secondary N) is 1. The fraction of sp³-hybridized carbons (Fsp3) is 0.556. The number of aromatic nitrogens is 1. The van der Waals surface area contributed by atoms with Gasteiger partial charge in [-0.15, -0.1) is 0 Å². The van der Waals surface area contributed by atoms with Crippen molar-refractivity contribution in [2.45, 2.75) is 31.7 Å². The molecule has 4 nitrogen and oxygen atoms in total. The molecule has 0 saturated carbocycles. The van der Waals surface area contributed by atoms with Crippen LogP contribution in [0.15, 0.2) is 30.3 Å². The van der Waals surface area contributed by atoms with Crippen molar-refractivity contribution in [2.24, 2.45) is 5.92 Å². The number of aromatic amines is 1. The summed E-state index contributed by atoms with van der Waals surface area (Å²) in [7, 11) is -2.78. The van der Waals surface area contributed by atoms with Gasteiger partial charge in [0.25, 0.3) is 0 Å². The van der Waals surface area contributed by atoms with Gasteiger partial charge in [0.2, 0.25) is 0 Å². The topological polar surface area (TPSA) is 53.2 Å². The number of H-pyrrole nitrogens is 1. The molecule has 2 aliphatic rings. The molecule has 0 aliphatic carbocycles. The summed E-state index contributed by atoms with van der Waals surface area (Å²) in [6, 6.07) is 11.1. The second-order valence-corrected chi connectivity index (χ2v) is 9.32. The van der Waals surface area contributed by atoms with Crippen molar-refractivity contribution in [2.75, 3.05) is 24.6 Å². The molecule has 3 heterocycles. The lowest BCUT2D eigenvalue weighted by Crippen LogP contribution is -2.37. The Balaban J connectivity index is 1.55. The SMILES string of the molecule is O=S1(=O)CCC(CN2CCCCC2c2cc3ccccc3[nH]2)C1. The second kappa shape index (κ2) is 5.95. The van der Waals surface area contributed by atoms with Crippen molar-refractivity contribution in [1.29, 1.82) is 0 Å². The lowest BCUT2D eigenvalue weighted by Gasteiger charge is -2.36. The number of piperidine rings is 1. The number of hydrogen-bond donors (Lipinski definition) is 1. The molecule has 0 amide bonds. The first-order valence-corrected chi connectivity index (χ1v) is 10.4. The van der Waals surface area contributed by atoms with Crippen LogP contribution in [0.25, 0.3) is 10.9 Å². The predicted molar refractivity (Wildman–Crippen MR) is 93.2 cm³/mol. The normalized spacial score (nSPS) is 28.3. The third-order valence-corrected chi connectivity index (χ3v) is 7.18. The molecule has 4 rings (SSSR count). The van der Waals surface area contributed by atoms with Gasteiger partial charge in [0, 0.05) is 23.8 Å². The fourth-order valence-corrected chi connectivity index (χ4v) is 6.03. The number of sulfone groups is 1. The number of likely N-dealkylation sites (tertiary alicyclic amines) is 1. The van der Waals surface area contributed by atoms with E-state index in [0.29, 0.717) is 23.5 Å². The van der Waals surface area contributed by atoms with E-state index >= 15 is 0 Å². The van der Waals surface area contributed by atoms with Crippen molar-refractivity contribution in [3.8, 4) is 0 Å². The van der Waals surface area contributed by atoms with E-state index in [1.165, 1.54) is 29.4 Å². The quantitative estimate of drug-likeness (QED) is 0.939. The van der Waals surface area contributed by atoms with Crippen molar-refractivity contribution >= 4 is 20.7 Å². The highest BCUT2D eigenvalue weighted by Gasteiger charge is 2.32. The minimum absolute atomic E-state index is 0.310. The van der Waals surface area contributed by atoms with Crippen LogP contribution >= 0.6 is 0 Å². The summed E-state index contributed by atoms with van der Waals surface area (Å²) < 4.78 is 23.5. The summed E-state index contributed by atoms with van der Waals surface area (Å²) in [6.07, 6.45) is 4.46. The Labute approximate surface area is 137 Å². The zero-order valence-electron chi connectivity index (χ0n) is 13.4. The maximum Gasteiger partial charge on any atom is 0.150 e. The summed E-state index contributed by atoms with van der Waals surface area (Å²) in [5.41, 5.74) is 2.48. The molecule has 2 atom stereocenters. The van der Waals surface area contributed by atoms with Crippen molar-refractivity contribution in [3.05, 3.63) is 36.0 Å². The van der Waals surface area contributed by atoms with Gasteiger partial charge in [-0.05, 0) is 49.2 Å². The van der Waals surface area contributed by atoms with Crippen LogP contribution in [0.2, 0.25) is 0 Å². The van der Waals surface area contributed by atoms with Crippen LogP contribution < -0.4 is 0 Å². The molecule has 5 heteroatoms. The van der Waals surface area contributed by atoms with Gasteiger partial charge in [0.05, 0.1) is 11.5 Å². The van der Waals surface area contributed by atoms with Crippen LogP contribution in [-0.2, 0) is 9.84 Å². The van der Waals surface area contributed by atoms with E-state index in [0.717, 1.165) is 25.9 Å². The van der Waals surface area contributed by atoms with Crippen LogP contribution in [-0.4, -0.2) is 42.9 Å². The molecule has 2 unspecified atom stereocenters. The highest BCUT2D eigenvalue weighted by Crippen LogP contribution is 2.34. The van der Waals surface area contributed by atoms with Gasteiger partial charge < -0.3 is 4.98 Å². The molecular formula is C18H24N2O2S. The Kier molecular flexibility index (Phi) is 3.93. The summed E-state index contributed by atoms with van der Waals surface area (Å²) in [6.45, 7) is 2.00. The van der Waals surface area contributed by atoms with Gasteiger partial charge in [0.15, 0.2) is 9.84 Å². The monoisotopic (exact) mass is 332 g/mol. The number of benzene rings is 1. The third kappa shape index (κ3) is 3.17. The van der Waals surface area contributed by atoms with E-state index < -0.39 is 9.84 Å². The van der Waals surface area contributed by atoms with Crippen molar-refractivity contribution in [3.63, 3.8) is 0 Å². The molecule has 2 aromatic rings. The van der Waals surface area contributed by atoms with Crippen molar-refractivity contribution in [1.82, 2.24) is 9.88 Å². The lowest BCUT2D eigenvalue weighted by atomic mass is 9.97. The van der Waals surface area contributed by atoms with E-state index in [-0.39, 0.29) is 0 Å². The average Bonchev–Trinajstić information content (AvgIpc) is 3.10. The largest absolute Gasteiger partial charge is 0.357 e. The summed E-state index contributed by atoms with van der Waals surface area (Å²) in [4.78, 5) is 6.09. The summed E-state index contributed by atoms with van der Waals surface area (Å²) in [5, 5.41) is 1.26. The van der Waals surface area contributed by atoms with Crippen molar-refractivity contribution < 1.29 is 8.42 Å². The molecule has 0 spiro atoms. The second-order valence-electron chi connectivity index (χ2n) is 7.09. The summed E-state index contributed by atoms with van der Waals surface area (Å²) in [5.74, 6) is 1.07. The maximum atomic E-state index is 11.7. The number of fused-ring (bicyclic) bond motifs is 1. The Morgan fingerprint density at radius 2 is 2.04 bits per heavy atom. The smallest absolute Gasteiger partial charge is 0.150 e. The maximum absolute atomic E-state index is 11.7. The first-order chi connectivity index (χ1) is 11.1. The van der Waals surface area contributed by atoms with Crippen LogP contribution in [0.3, 0.4) is 0 Å². The molecule has 1 aromatic carbocycles. The van der Waals surface area contributed by atoms with Gasteiger partial charge >= 0.3 is 0 Å². The van der Waals surface area contributed by atoms with E-state index in [9.17, 15) is 8.42 Å².